The van der Waals surface area contributed by atoms with E-state index in [1.807, 2.05) is 0 Å². The maximum absolute atomic E-state index is 13.0. The molecule has 1 aromatic carbocycles. The Morgan fingerprint density at radius 1 is 1.33 bits per heavy atom. The number of ether oxygens (including phenoxy) is 1. The van der Waals surface area contributed by atoms with Crippen molar-refractivity contribution >= 4 is 17.7 Å². The van der Waals surface area contributed by atoms with E-state index >= 15 is 0 Å². The molecule has 1 saturated heterocycles. The minimum absolute atomic E-state index is 0.0281. The number of rotatable bonds is 5. The first-order valence-electron chi connectivity index (χ1n) is 7.61. The molecule has 8 heteroatoms. The van der Waals surface area contributed by atoms with E-state index in [9.17, 15) is 18.8 Å². The predicted octanol–water partition coefficient (Wildman–Crippen LogP) is 0.139. The number of nitrogens with two attached hydrogens (primary N) is 1. The zero-order valence-corrected chi connectivity index (χ0v) is 13.4. The lowest BCUT2D eigenvalue weighted by molar-refractivity contribution is -0.147. The van der Waals surface area contributed by atoms with Crippen LogP contribution in [-0.2, 0) is 14.4 Å². The van der Waals surface area contributed by atoms with E-state index in [0.717, 1.165) is 0 Å². The normalized spacial score (nSPS) is 17.5. The van der Waals surface area contributed by atoms with Crippen molar-refractivity contribution in [1.29, 1.82) is 0 Å². The van der Waals surface area contributed by atoms with Crippen LogP contribution in [0.1, 0.15) is 13.3 Å². The van der Waals surface area contributed by atoms with Crippen LogP contribution in [0.2, 0.25) is 0 Å². The number of hydrogen-bond donors (Lipinski definition) is 1. The largest absolute Gasteiger partial charge is 0.493 e. The molecule has 130 valence electrons. The van der Waals surface area contributed by atoms with Crippen molar-refractivity contribution in [2.45, 2.75) is 19.4 Å². The third-order valence-corrected chi connectivity index (χ3v) is 3.86. The van der Waals surface area contributed by atoms with Gasteiger partial charge in [0.25, 0.3) is 0 Å². The molecule has 7 nitrogen and oxygen atoms in total. The van der Waals surface area contributed by atoms with Gasteiger partial charge in [0.15, 0.2) is 0 Å². The molecule has 0 saturated carbocycles. The average Bonchev–Trinajstić information content (AvgIpc) is 2.54. The van der Waals surface area contributed by atoms with Gasteiger partial charge in [0, 0.05) is 26.1 Å². The Kier molecular flexibility index (Phi) is 5.73. The van der Waals surface area contributed by atoms with Crippen molar-refractivity contribution < 1.29 is 23.5 Å². The number of amides is 3. The maximum Gasteiger partial charge on any atom is 0.242 e. The van der Waals surface area contributed by atoms with Gasteiger partial charge < -0.3 is 20.3 Å². The van der Waals surface area contributed by atoms with E-state index in [1.165, 1.54) is 34.9 Å². The first-order chi connectivity index (χ1) is 11.4. The second kappa shape index (κ2) is 7.76. The number of primary amides is 1. The summed E-state index contributed by atoms with van der Waals surface area (Å²) in [6.07, 6.45) is 0.0281. The SMILES string of the molecule is CC(=O)N1CCN(C(=O)CCOc2cccc(F)c2)C(C(N)=O)C1. The first-order valence-corrected chi connectivity index (χ1v) is 7.61. The van der Waals surface area contributed by atoms with Crippen molar-refractivity contribution in [2.75, 3.05) is 26.2 Å². The number of halogens is 1. The van der Waals surface area contributed by atoms with Crippen LogP contribution in [-0.4, -0.2) is 59.8 Å². The first kappa shape index (κ1) is 17.7. The lowest BCUT2D eigenvalue weighted by atomic mass is 10.1. The molecule has 1 aliphatic heterocycles. The number of piperazine rings is 1. The summed E-state index contributed by atoms with van der Waals surface area (Å²) in [6.45, 7) is 2.16. The Hall–Kier alpha value is -2.64. The Bertz CT molecular complexity index is 638. The van der Waals surface area contributed by atoms with Gasteiger partial charge in [-0.15, -0.1) is 0 Å². The molecule has 0 spiro atoms. The van der Waals surface area contributed by atoms with E-state index in [1.54, 1.807) is 6.07 Å². The topological polar surface area (TPSA) is 92.9 Å². The lowest BCUT2D eigenvalue weighted by Crippen LogP contribution is -2.60. The van der Waals surface area contributed by atoms with Crippen molar-refractivity contribution in [3.63, 3.8) is 0 Å². The van der Waals surface area contributed by atoms with Crippen LogP contribution in [0.3, 0.4) is 0 Å². The molecule has 2 N–H and O–H groups in total. The van der Waals surface area contributed by atoms with Gasteiger partial charge in [-0.2, -0.15) is 0 Å². The zero-order chi connectivity index (χ0) is 17.7. The highest BCUT2D eigenvalue weighted by molar-refractivity contribution is 5.88. The summed E-state index contributed by atoms with van der Waals surface area (Å²) in [5.74, 6) is -1.20. The fourth-order valence-electron chi connectivity index (χ4n) is 2.57. The van der Waals surface area contributed by atoms with Crippen LogP contribution in [0.5, 0.6) is 5.75 Å². The Morgan fingerprint density at radius 2 is 2.08 bits per heavy atom. The fourth-order valence-corrected chi connectivity index (χ4v) is 2.57. The van der Waals surface area contributed by atoms with Gasteiger partial charge in [0.2, 0.25) is 17.7 Å². The summed E-state index contributed by atoms with van der Waals surface area (Å²) in [4.78, 5) is 38.2. The molecular formula is C16H20FN3O4. The Labute approximate surface area is 139 Å². The summed E-state index contributed by atoms with van der Waals surface area (Å²) < 4.78 is 18.4. The summed E-state index contributed by atoms with van der Waals surface area (Å²) >= 11 is 0. The molecule has 3 amide bonds. The van der Waals surface area contributed by atoms with Gasteiger partial charge in [0.05, 0.1) is 19.6 Å². The predicted molar refractivity (Wildman–Crippen MR) is 83.5 cm³/mol. The standard InChI is InChI=1S/C16H20FN3O4/c1-11(21)19-6-7-20(14(10-19)16(18)23)15(22)5-8-24-13-4-2-3-12(17)9-13/h2-4,9,14H,5-8,10H2,1H3,(H2,18,23). The van der Waals surface area contributed by atoms with Crippen molar-refractivity contribution in [2.24, 2.45) is 5.73 Å². The molecule has 1 heterocycles. The molecule has 2 rings (SSSR count). The van der Waals surface area contributed by atoms with Gasteiger partial charge in [-0.1, -0.05) is 6.07 Å². The minimum Gasteiger partial charge on any atom is -0.493 e. The quantitative estimate of drug-likeness (QED) is 0.827. The molecule has 1 aliphatic rings. The molecular weight excluding hydrogens is 317 g/mol. The third kappa shape index (κ3) is 4.43. The summed E-state index contributed by atoms with van der Waals surface area (Å²) in [5, 5.41) is 0. The fraction of sp³-hybridized carbons (Fsp3) is 0.438. The van der Waals surface area contributed by atoms with Crippen LogP contribution in [0, 0.1) is 5.82 Å². The number of carbonyl (C=O) groups is 3. The number of benzene rings is 1. The molecule has 0 bridgehead atoms. The number of carbonyl (C=O) groups excluding carboxylic acids is 3. The van der Waals surface area contributed by atoms with Crippen LogP contribution in [0.4, 0.5) is 4.39 Å². The van der Waals surface area contributed by atoms with E-state index in [-0.39, 0.29) is 37.9 Å². The van der Waals surface area contributed by atoms with E-state index < -0.39 is 17.8 Å². The van der Waals surface area contributed by atoms with Crippen LogP contribution in [0.25, 0.3) is 0 Å². The van der Waals surface area contributed by atoms with Crippen molar-refractivity contribution in [3.8, 4) is 5.75 Å². The third-order valence-electron chi connectivity index (χ3n) is 3.86. The summed E-state index contributed by atoms with van der Waals surface area (Å²) in [6, 6.07) is 4.78. The monoisotopic (exact) mass is 337 g/mol. The van der Waals surface area contributed by atoms with Gasteiger partial charge in [0.1, 0.15) is 17.6 Å². The summed E-state index contributed by atoms with van der Waals surface area (Å²) in [7, 11) is 0. The van der Waals surface area contributed by atoms with Gasteiger partial charge in [-0.3, -0.25) is 14.4 Å². The maximum atomic E-state index is 13.0. The average molecular weight is 337 g/mol. The van der Waals surface area contributed by atoms with Crippen molar-refractivity contribution in [3.05, 3.63) is 30.1 Å². The van der Waals surface area contributed by atoms with Gasteiger partial charge in [-0.25, -0.2) is 4.39 Å². The molecule has 0 aliphatic carbocycles. The van der Waals surface area contributed by atoms with Crippen molar-refractivity contribution in [1.82, 2.24) is 9.80 Å². The molecule has 1 unspecified atom stereocenters. The van der Waals surface area contributed by atoms with Crippen LogP contribution < -0.4 is 10.5 Å². The highest BCUT2D eigenvalue weighted by Crippen LogP contribution is 2.14. The molecule has 1 fully saturated rings. The summed E-state index contributed by atoms with van der Waals surface area (Å²) in [5.41, 5.74) is 5.35. The lowest BCUT2D eigenvalue weighted by Gasteiger charge is -2.39. The Morgan fingerprint density at radius 3 is 2.71 bits per heavy atom. The van der Waals surface area contributed by atoms with E-state index in [2.05, 4.69) is 0 Å². The van der Waals surface area contributed by atoms with E-state index in [0.29, 0.717) is 12.3 Å². The second-order valence-electron chi connectivity index (χ2n) is 5.53. The van der Waals surface area contributed by atoms with Gasteiger partial charge in [-0.05, 0) is 12.1 Å². The molecule has 1 aromatic rings. The number of nitrogens with zero attached hydrogens (tertiary/aromatic N) is 2. The number of hydrogen-bond acceptors (Lipinski definition) is 4. The smallest absolute Gasteiger partial charge is 0.242 e. The Balaban J connectivity index is 1.90. The minimum atomic E-state index is -0.843. The van der Waals surface area contributed by atoms with E-state index in [4.69, 9.17) is 10.5 Å². The molecule has 24 heavy (non-hydrogen) atoms. The highest BCUT2D eigenvalue weighted by atomic mass is 19.1. The molecule has 0 aromatic heterocycles. The van der Waals surface area contributed by atoms with Gasteiger partial charge >= 0.3 is 0 Å². The highest BCUT2D eigenvalue weighted by Gasteiger charge is 2.34. The van der Waals surface area contributed by atoms with Crippen LogP contribution >= 0.6 is 0 Å². The molecule has 0 radical (unpaired) electrons. The zero-order valence-electron chi connectivity index (χ0n) is 13.4. The van der Waals surface area contributed by atoms with Crippen LogP contribution in [0.15, 0.2) is 24.3 Å². The second-order valence-corrected chi connectivity index (χ2v) is 5.53. The molecule has 1 atom stereocenters.